The minimum atomic E-state index is -0.670. The van der Waals surface area contributed by atoms with Crippen LogP contribution < -0.4 is 5.32 Å². The second-order valence-corrected chi connectivity index (χ2v) is 7.95. The molecule has 0 aliphatic heterocycles. The molecule has 4 heteroatoms. The number of rotatable bonds is 11. The van der Waals surface area contributed by atoms with Gasteiger partial charge in [-0.3, -0.25) is 9.59 Å². The van der Waals surface area contributed by atoms with Gasteiger partial charge in [0.15, 0.2) is 0 Å². The van der Waals surface area contributed by atoms with Gasteiger partial charge in [0.25, 0.3) is 0 Å². The molecule has 0 radical (unpaired) electrons. The lowest BCUT2D eigenvalue weighted by Crippen LogP contribution is -2.43. The summed E-state index contributed by atoms with van der Waals surface area (Å²) in [5.41, 5.74) is 2.94. The summed E-state index contributed by atoms with van der Waals surface area (Å²) in [6.45, 7) is 3.08. The normalized spacial score (nSPS) is 11.5. The second kappa shape index (κ2) is 12.5. The van der Waals surface area contributed by atoms with Gasteiger partial charge in [0.1, 0.15) is 6.04 Å². The van der Waals surface area contributed by atoms with Gasteiger partial charge < -0.3 is 10.2 Å². The van der Waals surface area contributed by atoms with Crippen LogP contribution in [-0.2, 0) is 22.6 Å². The Morgan fingerprint density at radius 1 is 0.812 bits per heavy atom. The van der Waals surface area contributed by atoms with Crippen molar-refractivity contribution in [1.29, 1.82) is 0 Å². The van der Waals surface area contributed by atoms with E-state index in [-0.39, 0.29) is 11.8 Å². The monoisotopic (exact) mass is 428 g/mol. The Labute approximate surface area is 191 Å². The van der Waals surface area contributed by atoms with Crippen molar-refractivity contribution in [2.24, 2.45) is 0 Å². The van der Waals surface area contributed by atoms with Crippen LogP contribution in [0.2, 0.25) is 0 Å². The van der Waals surface area contributed by atoms with E-state index >= 15 is 0 Å². The zero-order valence-electron chi connectivity index (χ0n) is 18.7. The first-order valence-electron chi connectivity index (χ1n) is 11.4. The third-order valence-electron chi connectivity index (χ3n) is 5.49. The first kappa shape index (κ1) is 23.3. The maximum absolute atomic E-state index is 13.5. The van der Waals surface area contributed by atoms with Gasteiger partial charge in [-0.25, -0.2) is 0 Å². The molecule has 0 saturated heterocycles. The van der Waals surface area contributed by atoms with Crippen molar-refractivity contribution < 1.29 is 9.59 Å². The smallest absolute Gasteiger partial charge is 0.247 e. The third-order valence-corrected chi connectivity index (χ3v) is 5.49. The van der Waals surface area contributed by atoms with Gasteiger partial charge in [-0.1, -0.05) is 104 Å². The summed E-state index contributed by atoms with van der Waals surface area (Å²) >= 11 is 0. The van der Waals surface area contributed by atoms with Gasteiger partial charge in [-0.15, -0.1) is 0 Å². The molecule has 4 nitrogen and oxygen atoms in total. The fraction of sp³-hybridized carbons (Fsp3) is 0.286. The van der Waals surface area contributed by atoms with Crippen LogP contribution in [0.15, 0.2) is 91.0 Å². The Morgan fingerprint density at radius 2 is 1.38 bits per heavy atom. The Bertz CT molecular complexity index is 958. The summed E-state index contributed by atoms with van der Waals surface area (Å²) in [4.78, 5) is 28.6. The number of benzene rings is 3. The standard InChI is InChI=1S/C28H32N2O2/c1-2-3-21-29-28(32)27(25-17-11-6-12-18-25)30(22-24-15-9-5-10-16-24)26(31)20-19-23-13-7-4-8-14-23/h4-18,27H,2-3,19-22H2,1H3,(H,29,32). The van der Waals surface area contributed by atoms with E-state index in [1.807, 2.05) is 91.0 Å². The molecule has 166 valence electrons. The molecule has 1 N–H and O–H groups in total. The van der Waals surface area contributed by atoms with Crippen LogP contribution in [0.5, 0.6) is 0 Å². The average Bonchev–Trinajstić information content (AvgIpc) is 2.84. The van der Waals surface area contributed by atoms with Crippen LogP contribution >= 0.6 is 0 Å². The maximum atomic E-state index is 13.5. The topological polar surface area (TPSA) is 49.4 Å². The zero-order valence-corrected chi connectivity index (χ0v) is 18.7. The van der Waals surface area contributed by atoms with E-state index < -0.39 is 6.04 Å². The molecule has 1 atom stereocenters. The zero-order chi connectivity index (χ0) is 22.6. The summed E-state index contributed by atoms with van der Waals surface area (Å²) in [6.07, 6.45) is 2.90. The van der Waals surface area contributed by atoms with E-state index in [1.54, 1.807) is 4.90 Å². The molecule has 0 bridgehead atoms. The number of hydrogen-bond donors (Lipinski definition) is 1. The molecule has 3 aromatic rings. The number of aryl methyl sites for hydroxylation is 1. The first-order valence-corrected chi connectivity index (χ1v) is 11.4. The molecule has 32 heavy (non-hydrogen) atoms. The van der Waals surface area contributed by atoms with Gasteiger partial charge in [-0.05, 0) is 29.5 Å². The largest absolute Gasteiger partial charge is 0.354 e. The van der Waals surface area contributed by atoms with Gasteiger partial charge in [0.2, 0.25) is 11.8 Å². The van der Waals surface area contributed by atoms with Crippen LogP contribution in [-0.4, -0.2) is 23.3 Å². The van der Waals surface area contributed by atoms with Crippen molar-refractivity contribution in [2.75, 3.05) is 6.54 Å². The number of nitrogens with one attached hydrogen (secondary N) is 1. The van der Waals surface area contributed by atoms with Crippen LogP contribution in [0.4, 0.5) is 0 Å². The summed E-state index contributed by atoms with van der Waals surface area (Å²) in [5, 5.41) is 3.04. The van der Waals surface area contributed by atoms with Crippen molar-refractivity contribution in [2.45, 2.75) is 45.2 Å². The fourth-order valence-corrected chi connectivity index (χ4v) is 3.74. The molecule has 3 rings (SSSR count). The molecule has 0 aromatic heterocycles. The van der Waals surface area contributed by atoms with Gasteiger partial charge in [-0.2, -0.15) is 0 Å². The van der Waals surface area contributed by atoms with E-state index in [1.165, 1.54) is 0 Å². The number of unbranched alkanes of at least 4 members (excludes halogenated alkanes) is 1. The molecule has 0 aliphatic rings. The van der Waals surface area contributed by atoms with Crippen molar-refractivity contribution in [3.8, 4) is 0 Å². The highest BCUT2D eigenvalue weighted by molar-refractivity contribution is 5.88. The Hall–Kier alpha value is -3.40. The van der Waals surface area contributed by atoms with Crippen LogP contribution in [0.25, 0.3) is 0 Å². The van der Waals surface area contributed by atoms with Crippen LogP contribution in [0.1, 0.15) is 48.9 Å². The quantitative estimate of drug-likeness (QED) is 0.421. The molecule has 0 spiro atoms. The predicted octanol–water partition coefficient (Wildman–Crippen LogP) is 5.31. The molecular formula is C28H32N2O2. The molecular weight excluding hydrogens is 396 g/mol. The molecule has 0 aliphatic carbocycles. The summed E-state index contributed by atoms with van der Waals surface area (Å²) < 4.78 is 0. The molecule has 0 fully saturated rings. The van der Waals surface area contributed by atoms with Gasteiger partial charge in [0.05, 0.1) is 0 Å². The highest BCUT2D eigenvalue weighted by atomic mass is 16.2. The highest BCUT2D eigenvalue weighted by Gasteiger charge is 2.31. The van der Waals surface area contributed by atoms with Crippen LogP contribution in [0.3, 0.4) is 0 Å². The van der Waals surface area contributed by atoms with Crippen molar-refractivity contribution in [3.05, 3.63) is 108 Å². The lowest BCUT2D eigenvalue weighted by molar-refractivity contribution is -0.141. The predicted molar refractivity (Wildman–Crippen MR) is 129 cm³/mol. The van der Waals surface area contributed by atoms with Crippen LogP contribution in [0, 0.1) is 0 Å². The number of carbonyl (C=O) groups is 2. The molecule has 0 heterocycles. The van der Waals surface area contributed by atoms with Crippen molar-refractivity contribution in [1.82, 2.24) is 10.2 Å². The number of amides is 2. The molecule has 0 saturated carbocycles. The summed E-state index contributed by atoms with van der Waals surface area (Å²) in [7, 11) is 0. The van der Waals surface area contributed by atoms with E-state index in [2.05, 4.69) is 12.2 Å². The minimum absolute atomic E-state index is 0.0304. The van der Waals surface area contributed by atoms with E-state index in [4.69, 9.17) is 0 Å². The summed E-state index contributed by atoms with van der Waals surface area (Å²) in [5.74, 6) is -0.161. The molecule has 3 aromatic carbocycles. The number of hydrogen-bond acceptors (Lipinski definition) is 2. The first-order chi connectivity index (χ1) is 15.7. The lowest BCUT2D eigenvalue weighted by atomic mass is 10.0. The van der Waals surface area contributed by atoms with Crippen molar-refractivity contribution >= 4 is 11.8 Å². The minimum Gasteiger partial charge on any atom is -0.354 e. The van der Waals surface area contributed by atoms with E-state index in [0.717, 1.165) is 29.5 Å². The lowest BCUT2D eigenvalue weighted by Gasteiger charge is -2.32. The summed E-state index contributed by atoms with van der Waals surface area (Å²) in [6, 6.07) is 28.8. The molecule has 1 unspecified atom stereocenters. The third kappa shape index (κ3) is 6.81. The highest BCUT2D eigenvalue weighted by Crippen LogP contribution is 2.25. The Kier molecular flexibility index (Phi) is 9.05. The Morgan fingerprint density at radius 3 is 1.97 bits per heavy atom. The van der Waals surface area contributed by atoms with Crippen molar-refractivity contribution in [3.63, 3.8) is 0 Å². The van der Waals surface area contributed by atoms with E-state index in [0.29, 0.717) is 25.9 Å². The fourth-order valence-electron chi connectivity index (χ4n) is 3.74. The second-order valence-electron chi connectivity index (χ2n) is 7.95. The maximum Gasteiger partial charge on any atom is 0.247 e. The number of carbonyl (C=O) groups excluding carboxylic acids is 2. The SMILES string of the molecule is CCCCNC(=O)C(c1ccccc1)N(Cc1ccccc1)C(=O)CCc1ccccc1. The van der Waals surface area contributed by atoms with Gasteiger partial charge in [0, 0.05) is 19.5 Å². The number of nitrogens with zero attached hydrogens (tertiary/aromatic N) is 1. The van der Waals surface area contributed by atoms with E-state index in [9.17, 15) is 9.59 Å². The molecule has 2 amide bonds. The average molecular weight is 429 g/mol. The Balaban J connectivity index is 1.88. The van der Waals surface area contributed by atoms with Gasteiger partial charge >= 0.3 is 0 Å².